The Labute approximate surface area is 145 Å². The summed E-state index contributed by atoms with van der Waals surface area (Å²) in [5, 5.41) is 0. The van der Waals surface area contributed by atoms with Gasteiger partial charge in [0.2, 0.25) is 0 Å². The van der Waals surface area contributed by atoms with Crippen LogP contribution < -0.4 is 16.2 Å². The van der Waals surface area contributed by atoms with E-state index < -0.39 is 0 Å². The molecule has 1 aliphatic rings. The molecule has 0 radical (unpaired) electrons. The number of nitrogens with two attached hydrogens (primary N) is 2. The number of benzene rings is 1. The molecule has 0 saturated carbocycles. The van der Waals surface area contributed by atoms with E-state index in [-0.39, 0.29) is 12.1 Å². The molecule has 4 unspecified atom stereocenters. The molecule has 132 valence electrons. The SMILES string of the molecule is CC(N)CCC(COc1cccc(C#CC2CCOC2)c1)C(C)N. The van der Waals surface area contributed by atoms with Crippen molar-refractivity contribution in [2.24, 2.45) is 23.3 Å². The molecule has 2 rings (SSSR count). The number of hydrogen-bond donors (Lipinski definition) is 2. The maximum Gasteiger partial charge on any atom is 0.120 e. The molecule has 24 heavy (non-hydrogen) atoms. The molecule has 1 heterocycles. The van der Waals surface area contributed by atoms with Gasteiger partial charge in [0, 0.05) is 36.1 Å². The smallest absolute Gasteiger partial charge is 0.120 e. The van der Waals surface area contributed by atoms with Crippen molar-refractivity contribution in [3.63, 3.8) is 0 Å². The lowest BCUT2D eigenvalue weighted by atomic mass is 9.95. The van der Waals surface area contributed by atoms with E-state index in [0.29, 0.717) is 18.4 Å². The van der Waals surface area contributed by atoms with Crippen molar-refractivity contribution in [2.45, 2.75) is 45.2 Å². The summed E-state index contributed by atoms with van der Waals surface area (Å²) in [6, 6.07) is 8.24. The van der Waals surface area contributed by atoms with Crippen LogP contribution in [0.15, 0.2) is 24.3 Å². The number of rotatable bonds is 7. The molecule has 1 aliphatic heterocycles. The van der Waals surface area contributed by atoms with Crippen molar-refractivity contribution >= 4 is 0 Å². The van der Waals surface area contributed by atoms with Gasteiger partial charge in [0.05, 0.1) is 13.2 Å². The second kappa shape index (κ2) is 9.68. The Hall–Kier alpha value is -1.54. The van der Waals surface area contributed by atoms with Gasteiger partial charge >= 0.3 is 0 Å². The first-order valence-corrected chi connectivity index (χ1v) is 8.88. The van der Waals surface area contributed by atoms with Crippen LogP contribution >= 0.6 is 0 Å². The minimum Gasteiger partial charge on any atom is -0.493 e. The summed E-state index contributed by atoms with van der Waals surface area (Å²) in [7, 11) is 0. The molecule has 0 aliphatic carbocycles. The third-order valence-corrected chi connectivity index (χ3v) is 4.38. The summed E-state index contributed by atoms with van der Waals surface area (Å²) in [4.78, 5) is 0. The van der Waals surface area contributed by atoms with Crippen LogP contribution in [0.25, 0.3) is 0 Å². The first-order valence-electron chi connectivity index (χ1n) is 8.88. The fourth-order valence-electron chi connectivity index (χ4n) is 2.68. The van der Waals surface area contributed by atoms with Crippen LogP contribution in [0.4, 0.5) is 0 Å². The summed E-state index contributed by atoms with van der Waals surface area (Å²) in [5.74, 6) is 8.01. The highest BCUT2D eigenvalue weighted by Crippen LogP contribution is 2.18. The molecule has 1 aromatic carbocycles. The maximum atomic E-state index is 6.08. The lowest BCUT2D eigenvalue weighted by Gasteiger charge is -2.22. The fourth-order valence-corrected chi connectivity index (χ4v) is 2.68. The van der Waals surface area contributed by atoms with Gasteiger partial charge in [-0.3, -0.25) is 0 Å². The van der Waals surface area contributed by atoms with Crippen molar-refractivity contribution in [3.05, 3.63) is 29.8 Å². The third-order valence-electron chi connectivity index (χ3n) is 4.38. The molecule has 4 heteroatoms. The van der Waals surface area contributed by atoms with E-state index in [0.717, 1.165) is 43.8 Å². The van der Waals surface area contributed by atoms with Crippen molar-refractivity contribution < 1.29 is 9.47 Å². The van der Waals surface area contributed by atoms with Gasteiger partial charge in [0.25, 0.3) is 0 Å². The Morgan fingerprint density at radius 3 is 2.79 bits per heavy atom. The van der Waals surface area contributed by atoms with Gasteiger partial charge in [-0.15, -0.1) is 0 Å². The van der Waals surface area contributed by atoms with Crippen LogP contribution in [0.1, 0.15) is 38.7 Å². The van der Waals surface area contributed by atoms with Gasteiger partial charge in [-0.1, -0.05) is 17.9 Å². The van der Waals surface area contributed by atoms with Crippen molar-refractivity contribution in [2.75, 3.05) is 19.8 Å². The monoisotopic (exact) mass is 330 g/mol. The van der Waals surface area contributed by atoms with Crippen LogP contribution in [0.2, 0.25) is 0 Å². The Kier molecular flexibility index (Phi) is 7.58. The minimum absolute atomic E-state index is 0.0918. The average molecular weight is 330 g/mol. The Balaban J connectivity index is 1.90. The largest absolute Gasteiger partial charge is 0.493 e. The zero-order valence-electron chi connectivity index (χ0n) is 14.8. The average Bonchev–Trinajstić information content (AvgIpc) is 3.06. The molecule has 4 nitrogen and oxygen atoms in total. The molecule has 4 N–H and O–H groups in total. The van der Waals surface area contributed by atoms with Gasteiger partial charge in [-0.25, -0.2) is 0 Å². The van der Waals surface area contributed by atoms with E-state index >= 15 is 0 Å². The number of hydrogen-bond acceptors (Lipinski definition) is 4. The third kappa shape index (κ3) is 6.52. The van der Waals surface area contributed by atoms with Gasteiger partial charge in [0.1, 0.15) is 5.75 Å². The van der Waals surface area contributed by atoms with E-state index in [1.54, 1.807) is 0 Å². The maximum absolute atomic E-state index is 6.08. The van der Waals surface area contributed by atoms with Crippen molar-refractivity contribution in [1.29, 1.82) is 0 Å². The second-order valence-corrected chi connectivity index (χ2v) is 6.84. The van der Waals surface area contributed by atoms with Crippen LogP contribution in [0, 0.1) is 23.7 Å². The quantitative estimate of drug-likeness (QED) is 0.754. The van der Waals surface area contributed by atoms with E-state index in [9.17, 15) is 0 Å². The fraction of sp³-hybridized carbons (Fsp3) is 0.600. The van der Waals surface area contributed by atoms with Gasteiger partial charge in [-0.2, -0.15) is 0 Å². The molecule has 1 saturated heterocycles. The van der Waals surface area contributed by atoms with Crippen LogP contribution in [0.5, 0.6) is 5.75 Å². The highest BCUT2D eigenvalue weighted by molar-refractivity contribution is 5.40. The minimum atomic E-state index is 0.0918. The van der Waals surface area contributed by atoms with E-state index in [2.05, 4.69) is 11.8 Å². The summed E-state index contributed by atoms with van der Waals surface area (Å²) in [6.45, 7) is 6.23. The van der Waals surface area contributed by atoms with Crippen molar-refractivity contribution in [1.82, 2.24) is 0 Å². The van der Waals surface area contributed by atoms with Crippen LogP contribution in [-0.2, 0) is 4.74 Å². The lowest BCUT2D eigenvalue weighted by Crippen LogP contribution is -2.32. The highest BCUT2D eigenvalue weighted by atomic mass is 16.5. The molecule has 1 aromatic rings. The second-order valence-electron chi connectivity index (χ2n) is 6.84. The number of ether oxygens (including phenoxy) is 2. The summed E-state index contributed by atoms with van der Waals surface area (Å²) >= 11 is 0. The molecule has 4 atom stereocenters. The van der Waals surface area contributed by atoms with Crippen LogP contribution in [-0.4, -0.2) is 31.9 Å². The van der Waals surface area contributed by atoms with Gasteiger partial charge < -0.3 is 20.9 Å². The zero-order chi connectivity index (χ0) is 17.4. The lowest BCUT2D eigenvalue weighted by molar-refractivity contribution is 0.192. The molecular formula is C20H30N2O2. The first-order chi connectivity index (χ1) is 11.5. The summed E-state index contributed by atoms with van der Waals surface area (Å²) < 4.78 is 11.3. The summed E-state index contributed by atoms with van der Waals surface area (Å²) in [6.07, 6.45) is 2.97. The molecule has 0 amide bonds. The molecule has 0 aromatic heterocycles. The van der Waals surface area contributed by atoms with E-state index in [1.807, 2.05) is 38.1 Å². The standard InChI is InChI=1S/C20H30N2O2/c1-15(21)6-9-19(16(2)22)14-24-20-5-3-4-17(12-20)7-8-18-10-11-23-13-18/h3-5,12,15-16,18-19H,6,9-11,13-14,21-22H2,1-2H3. The predicted octanol–water partition coefficient (Wildman–Crippen LogP) is 2.54. The molecule has 0 bridgehead atoms. The Bertz CT molecular complexity index is 554. The Morgan fingerprint density at radius 2 is 2.12 bits per heavy atom. The van der Waals surface area contributed by atoms with E-state index in [1.165, 1.54) is 0 Å². The topological polar surface area (TPSA) is 70.5 Å². The van der Waals surface area contributed by atoms with Crippen LogP contribution in [0.3, 0.4) is 0 Å². The van der Waals surface area contributed by atoms with Gasteiger partial charge in [-0.05, 0) is 51.3 Å². The highest BCUT2D eigenvalue weighted by Gasteiger charge is 2.15. The predicted molar refractivity (Wildman–Crippen MR) is 97.8 cm³/mol. The zero-order valence-corrected chi connectivity index (χ0v) is 14.8. The first kappa shape index (κ1) is 18.8. The molecular weight excluding hydrogens is 300 g/mol. The van der Waals surface area contributed by atoms with Gasteiger partial charge in [0.15, 0.2) is 0 Å². The normalized spacial score (nSPS) is 20.8. The molecule has 1 fully saturated rings. The Morgan fingerprint density at radius 1 is 1.29 bits per heavy atom. The molecule has 0 spiro atoms. The van der Waals surface area contributed by atoms with E-state index in [4.69, 9.17) is 20.9 Å². The van der Waals surface area contributed by atoms with Crippen molar-refractivity contribution in [3.8, 4) is 17.6 Å². The summed E-state index contributed by atoms with van der Waals surface area (Å²) in [5.41, 5.74) is 12.9.